The van der Waals surface area contributed by atoms with E-state index < -0.39 is 0 Å². The van der Waals surface area contributed by atoms with E-state index in [0.717, 1.165) is 19.7 Å². The minimum absolute atomic E-state index is 0.728. The van der Waals surface area contributed by atoms with E-state index >= 15 is 0 Å². The summed E-state index contributed by atoms with van der Waals surface area (Å²) in [4.78, 5) is 4.09. The first-order chi connectivity index (χ1) is 8.81. The van der Waals surface area contributed by atoms with Crippen LogP contribution in [0.5, 0.6) is 0 Å². The third-order valence-electron chi connectivity index (χ3n) is 2.82. The standard InChI is InChI=1S/C14H19N3O/c1-12-3-4-14(17-7-5-16-11-17)13(9-12)10-15-6-8-18-2/h3-5,7,9,11,15H,6,8,10H2,1-2H3. The lowest BCUT2D eigenvalue weighted by molar-refractivity contribution is 0.199. The number of nitrogens with zero attached hydrogens (tertiary/aromatic N) is 2. The highest BCUT2D eigenvalue weighted by molar-refractivity contribution is 5.43. The van der Waals surface area contributed by atoms with Crippen LogP contribution in [0.2, 0.25) is 0 Å². The van der Waals surface area contributed by atoms with Crippen molar-refractivity contribution >= 4 is 0 Å². The Morgan fingerprint density at radius 3 is 3.00 bits per heavy atom. The van der Waals surface area contributed by atoms with Crippen molar-refractivity contribution in [2.75, 3.05) is 20.3 Å². The summed E-state index contributed by atoms with van der Waals surface area (Å²) in [6, 6.07) is 6.45. The fourth-order valence-electron chi connectivity index (χ4n) is 1.91. The molecule has 0 spiro atoms. The summed E-state index contributed by atoms with van der Waals surface area (Å²) in [6.07, 6.45) is 5.58. The highest BCUT2D eigenvalue weighted by Crippen LogP contribution is 2.16. The molecule has 0 aliphatic carbocycles. The van der Waals surface area contributed by atoms with Crippen molar-refractivity contribution in [3.63, 3.8) is 0 Å². The Morgan fingerprint density at radius 1 is 1.39 bits per heavy atom. The molecule has 18 heavy (non-hydrogen) atoms. The van der Waals surface area contributed by atoms with Crippen molar-refractivity contribution in [2.24, 2.45) is 0 Å². The summed E-state index contributed by atoms with van der Waals surface area (Å²) in [5.41, 5.74) is 3.70. The minimum atomic E-state index is 0.728. The summed E-state index contributed by atoms with van der Waals surface area (Å²) in [5.74, 6) is 0. The molecule has 0 fully saturated rings. The van der Waals surface area contributed by atoms with Crippen molar-refractivity contribution in [1.29, 1.82) is 0 Å². The van der Waals surface area contributed by atoms with E-state index in [9.17, 15) is 0 Å². The third-order valence-corrected chi connectivity index (χ3v) is 2.82. The van der Waals surface area contributed by atoms with Gasteiger partial charge < -0.3 is 14.6 Å². The Morgan fingerprint density at radius 2 is 2.28 bits per heavy atom. The Balaban J connectivity index is 2.14. The molecule has 2 rings (SSSR count). The van der Waals surface area contributed by atoms with E-state index in [1.165, 1.54) is 16.8 Å². The highest BCUT2D eigenvalue weighted by Gasteiger charge is 2.04. The first-order valence-electron chi connectivity index (χ1n) is 6.09. The Bertz CT molecular complexity index is 480. The number of benzene rings is 1. The number of nitrogens with one attached hydrogen (secondary N) is 1. The Labute approximate surface area is 108 Å². The molecule has 0 amide bonds. The number of aryl methyl sites for hydroxylation is 1. The van der Waals surface area contributed by atoms with Crippen LogP contribution in [0.3, 0.4) is 0 Å². The van der Waals surface area contributed by atoms with Crippen LogP contribution in [0.1, 0.15) is 11.1 Å². The number of methoxy groups -OCH3 is 1. The van der Waals surface area contributed by atoms with Gasteiger partial charge in [0.05, 0.1) is 18.6 Å². The summed E-state index contributed by atoms with van der Waals surface area (Å²) in [5, 5.41) is 3.37. The molecule has 4 nitrogen and oxygen atoms in total. The zero-order valence-corrected chi connectivity index (χ0v) is 10.9. The molecule has 0 atom stereocenters. The van der Waals surface area contributed by atoms with Gasteiger partial charge in [-0.05, 0) is 18.6 Å². The van der Waals surface area contributed by atoms with Gasteiger partial charge in [0.2, 0.25) is 0 Å². The number of imidazole rings is 1. The first kappa shape index (κ1) is 12.8. The largest absolute Gasteiger partial charge is 0.383 e. The van der Waals surface area contributed by atoms with Crippen LogP contribution in [0.25, 0.3) is 5.69 Å². The van der Waals surface area contributed by atoms with Crippen LogP contribution in [0.15, 0.2) is 36.9 Å². The van der Waals surface area contributed by atoms with E-state index in [-0.39, 0.29) is 0 Å². The maximum atomic E-state index is 5.03. The van der Waals surface area contributed by atoms with Gasteiger partial charge in [0.15, 0.2) is 0 Å². The van der Waals surface area contributed by atoms with Crippen LogP contribution in [-0.2, 0) is 11.3 Å². The monoisotopic (exact) mass is 245 g/mol. The molecule has 0 radical (unpaired) electrons. The zero-order chi connectivity index (χ0) is 12.8. The molecule has 0 aliphatic rings. The van der Waals surface area contributed by atoms with Gasteiger partial charge in [0.25, 0.3) is 0 Å². The molecule has 1 N–H and O–H groups in total. The molecule has 0 unspecified atom stereocenters. The third kappa shape index (κ3) is 3.18. The second-order valence-corrected chi connectivity index (χ2v) is 4.27. The average molecular weight is 245 g/mol. The van der Waals surface area contributed by atoms with Crippen molar-refractivity contribution in [1.82, 2.24) is 14.9 Å². The van der Waals surface area contributed by atoms with E-state index in [1.54, 1.807) is 13.3 Å². The van der Waals surface area contributed by atoms with Gasteiger partial charge in [0.1, 0.15) is 0 Å². The molecule has 96 valence electrons. The summed E-state index contributed by atoms with van der Waals surface area (Å²) in [7, 11) is 1.71. The maximum absolute atomic E-state index is 5.03. The summed E-state index contributed by atoms with van der Waals surface area (Å²) < 4.78 is 7.06. The fourth-order valence-corrected chi connectivity index (χ4v) is 1.91. The molecule has 0 saturated heterocycles. The second kappa shape index (κ2) is 6.33. The Kier molecular flexibility index (Phi) is 4.50. The van der Waals surface area contributed by atoms with Gasteiger partial charge in [-0.15, -0.1) is 0 Å². The fraction of sp³-hybridized carbons (Fsp3) is 0.357. The molecule has 1 heterocycles. The number of hydrogen-bond donors (Lipinski definition) is 1. The minimum Gasteiger partial charge on any atom is -0.383 e. The van der Waals surface area contributed by atoms with Gasteiger partial charge in [-0.1, -0.05) is 17.7 Å². The van der Waals surface area contributed by atoms with E-state index in [1.807, 2.05) is 17.1 Å². The maximum Gasteiger partial charge on any atom is 0.0991 e. The zero-order valence-electron chi connectivity index (χ0n) is 10.9. The molecule has 0 bridgehead atoms. The normalized spacial score (nSPS) is 10.8. The highest BCUT2D eigenvalue weighted by atomic mass is 16.5. The number of hydrogen-bond acceptors (Lipinski definition) is 3. The molecule has 0 saturated carbocycles. The summed E-state index contributed by atoms with van der Waals surface area (Å²) in [6.45, 7) is 4.52. The average Bonchev–Trinajstić information content (AvgIpc) is 2.88. The SMILES string of the molecule is COCCNCc1cc(C)ccc1-n1ccnc1. The number of rotatable bonds is 6. The van der Waals surface area contributed by atoms with E-state index in [2.05, 4.69) is 35.4 Å². The van der Waals surface area contributed by atoms with Crippen LogP contribution in [0.4, 0.5) is 0 Å². The van der Waals surface area contributed by atoms with Crippen LogP contribution < -0.4 is 5.32 Å². The van der Waals surface area contributed by atoms with Gasteiger partial charge in [-0.25, -0.2) is 4.98 Å². The molecule has 1 aromatic heterocycles. The molecule has 2 aromatic rings. The lowest BCUT2D eigenvalue weighted by Gasteiger charge is -2.12. The lowest BCUT2D eigenvalue weighted by atomic mass is 10.1. The quantitative estimate of drug-likeness (QED) is 0.790. The molecule has 4 heteroatoms. The van der Waals surface area contributed by atoms with Crippen molar-refractivity contribution in [3.8, 4) is 5.69 Å². The van der Waals surface area contributed by atoms with Crippen LogP contribution >= 0.6 is 0 Å². The smallest absolute Gasteiger partial charge is 0.0991 e. The predicted octanol–water partition coefficient (Wildman–Crippen LogP) is 1.92. The molecule has 0 aliphatic heterocycles. The summed E-state index contributed by atoms with van der Waals surface area (Å²) >= 11 is 0. The van der Waals surface area contributed by atoms with Gasteiger partial charge in [0, 0.05) is 32.6 Å². The Hall–Kier alpha value is -1.65. The van der Waals surface area contributed by atoms with Gasteiger partial charge in [-0.2, -0.15) is 0 Å². The number of ether oxygens (including phenoxy) is 1. The molecular formula is C14H19N3O. The van der Waals surface area contributed by atoms with Crippen molar-refractivity contribution in [3.05, 3.63) is 48.0 Å². The van der Waals surface area contributed by atoms with E-state index in [4.69, 9.17) is 4.74 Å². The van der Waals surface area contributed by atoms with Crippen molar-refractivity contribution in [2.45, 2.75) is 13.5 Å². The second-order valence-electron chi connectivity index (χ2n) is 4.27. The molecular weight excluding hydrogens is 226 g/mol. The van der Waals surface area contributed by atoms with Crippen LogP contribution in [0, 0.1) is 6.92 Å². The molecule has 1 aromatic carbocycles. The first-order valence-corrected chi connectivity index (χ1v) is 6.09. The van der Waals surface area contributed by atoms with Crippen molar-refractivity contribution < 1.29 is 4.74 Å². The van der Waals surface area contributed by atoms with Gasteiger partial charge >= 0.3 is 0 Å². The topological polar surface area (TPSA) is 39.1 Å². The van der Waals surface area contributed by atoms with Gasteiger partial charge in [-0.3, -0.25) is 0 Å². The lowest BCUT2D eigenvalue weighted by Crippen LogP contribution is -2.19. The van der Waals surface area contributed by atoms with E-state index in [0.29, 0.717) is 0 Å². The number of aromatic nitrogens is 2. The predicted molar refractivity (Wildman–Crippen MR) is 71.9 cm³/mol. The van der Waals surface area contributed by atoms with Crippen LogP contribution in [-0.4, -0.2) is 29.8 Å².